The maximum atomic E-state index is 6.15. The van der Waals surface area contributed by atoms with E-state index >= 15 is 0 Å². The molecule has 0 spiro atoms. The zero-order chi connectivity index (χ0) is 14.8. The van der Waals surface area contributed by atoms with Gasteiger partial charge in [0.25, 0.3) is 0 Å². The smallest absolute Gasteiger partial charge is 0.153 e. The maximum Gasteiger partial charge on any atom is 0.153 e. The van der Waals surface area contributed by atoms with Crippen LogP contribution in [-0.4, -0.2) is 27.6 Å². The van der Waals surface area contributed by atoms with Crippen LogP contribution in [0.4, 0.5) is 0 Å². The second-order valence-corrected chi connectivity index (χ2v) is 6.04. The van der Waals surface area contributed by atoms with Crippen LogP contribution in [0.5, 0.6) is 5.75 Å². The molecule has 1 aliphatic heterocycles. The van der Waals surface area contributed by atoms with E-state index in [2.05, 4.69) is 50.6 Å². The molecule has 0 radical (unpaired) electrons. The van der Waals surface area contributed by atoms with Crippen LogP contribution in [0.3, 0.4) is 0 Å². The van der Waals surface area contributed by atoms with Crippen molar-refractivity contribution in [2.24, 2.45) is 7.05 Å². The Morgan fingerprint density at radius 3 is 2.95 bits per heavy atom. The summed E-state index contributed by atoms with van der Waals surface area (Å²) < 4.78 is 8.73. The Kier molecular flexibility index (Phi) is 4.26. The van der Waals surface area contributed by atoms with Gasteiger partial charge in [-0.05, 0) is 40.5 Å². The van der Waals surface area contributed by atoms with Crippen LogP contribution in [0, 0.1) is 0 Å². The predicted molar refractivity (Wildman–Crippen MR) is 84.3 cm³/mol. The summed E-state index contributed by atoms with van der Waals surface area (Å²) in [5.41, 5.74) is 2.29. The van der Waals surface area contributed by atoms with Crippen LogP contribution in [-0.2, 0) is 13.5 Å². The summed E-state index contributed by atoms with van der Waals surface area (Å²) in [4.78, 5) is 0. The fourth-order valence-electron chi connectivity index (χ4n) is 2.77. The fraction of sp³-hybridized carbons (Fsp3) is 0.467. The summed E-state index contributed by atoms with van der Waals surface area (Å²) in [6, 6.07) is 8.29. The van der Waals surface area contributed by atoms with Gasteiger partial charge in [-0.1, -0.05) is 30.3 Å². The van der Waals surface area contributed by atoms with Gasteiger partial charge in [-0.2, -0.15) is 0 Å². The molecule has 1 aromatic carbocycles. The number of hydrogen-bond acceptors (Lipinski definition) is 4. The van der Waals surface area contributed by atoms with Gasteiger partial charge < -0.3 is 10.1 Å². The monoisotopic (exact) mass is 350 g/mol. The molecule has 0 amide bonds. The lowest BCUT2D eigenvalue weighted by Gasteiger charge is -2.24. The molecule has 0 bridgehead atoms. The molecule has 1 N–H and O–H groups in total. The Hall–Kier alpha value is -1.40. The first kappa shape index (κ1) is 14.5. The number of para-hydroxylation sites is 1. The molecule has 0 saturated carbocycles. The molecule has 1 aliphatic rings. The Labute approximate surface area is 132 Å². The van der Waals surface area contributed by atoms with Crippen molar-refractivity contribution in [1.82, 2.24) is 20.3 Å². The average molecular weight is 351 g/mol. The lowest BCUT2D eigenvalue weighted by Crippen LogP contribution is -2.37. The molecule has 3 rings (SSSR count). The SMILES string of the molecule is CCCNC(c1c(Br)nnn1C)C1Cc2ccccc2O1. The first-order chi connectivity index (χ1) is 10.2. The first-order valence-corrected chi connectivity index (χ1v) is 8.03. The summed E-state index contributed by atoms with van der Waals surface area (Å²) in [6.07, 6.45) is 2.02. The van der Waals surface area contributed by atoms with Crippen molar-refractivity contribution in [3.63, 3.8) is 0 Å². The number of nitrogens with zero attached hydrogens (tertiary/aromatic N) is 3. The van der Waals surface area contributed by atoms with Crippen molar-refractivity contribution in [3.8, 4) is 5.75 Å². The normalized spacial score (nSPS) is 18.3. The predicted octanol–water partition coefficient (Wildman–Crippen LogP) is 2.62. The lowest BCUT2D eigenvalue weighted by atomic mass is 10.0. The second kappa shape index (κ2) is 6.15. The lowest BCUT2D eigenvalue weighted by molar-refractivity contribution is 0.173. The minimum atomic E-state index is 0.0578. The molecule has 0 saturated heterocycles. The number of nitrogens with one attached hydrogen (secondary N) is 1. The van der Waals surface area contributed by atoms with Crippen LogP contribution < -0.4 is 10.1 Å². The molecule has 2 atom stereocenters. The number of halogens is 1. The van der Waals surface area contributed by atoms with Crippen molar-refractivity contribution < 1.29 is 4.74 Å². The van der Waals surface area contributed by atoms with E-state index < -0.39 is 0 Å². The molecule has 0 aliphatic carbocycles. The van der Waals surface area contributed by atoms with Crippen molar-refractivity contribution in [3.05, 3.63) is 40.1 Å². The minimum absolute atomic E-state index is 0.0578. The summed E-state index contributed by atoms with van der Waals surface area (Å²) >= 11 is 3.50. The highest BCUT2D eigenvalue weighted by atomic mass is 79.9. The molecular weight excluding hydrogens is 332 g/mol. The summed E-state index contributed by atoms with van der Waals surface area (Å²) in [7, 11) is 1.91. The number of hydrogen-bond donors (Lipinski definition) is 1. The Balaban J connectivity index is 1.88. The highest BCUT2D eigenvalue weighted by molar-refractivity contribution is 9.10. The zero-order valence-corrected chi connectivity index (χ0v) is 13.8. The molecule has 6 heteroatoms. The quantitative estimate of drug-likeness (QED) is 0.900. The molecule has 2 unspecified atom stereocenters. The van der Waals surface area contributed by atoms with E-state index in [0.29, 0.717) is 0 Å². The molecule has 5 nitrogen and oxygen atoms in total. The maximum absolute atomic E-state index is 6.15. The number of fused-ring (bicyclic) bond motifs is 1. The first-order valence-electron chi connectivity index (χ1n) is 7.23. The van der Waals surface area contributed by atoms with Gasteiger partial charge in [-0.3, -0.25) is 0 Å². The van der Waals surface area contributed by atoms with E-state index in [9.17, 15) is 0 Å². The van der Waals surface area contributed by atoms with E-state index in [1.165, 1.54) is 5.56 Å². The van der Waals surface area contributed by atoms with Gasteiger partial charge in [0.1, 0.15) is 11.9 Å². The molecule has 112 valence electrons. The van der Waals surface area contributed by atoms with Gasteiger partial charge in [0.15, 0.2) is 4.60 Å². The molecule has 21 heavy (non-hydrogen) atoms. The number of aromatic nitrogens is 3. The van der Waals surface area contributed by atoms with Gasteiger partial charge in [0.2, 0.25) is 0 Å². The molecular formula is C15H19BrN4O. The molecule has 2 heterocycles. The van der Waals surface area contributed by atoms with E-state index in [1.54, 1.807) is 0 Å². The minimum Gasteiger partial charge on any atom is -0.488 e. The van der Waals surface area contributed by atoms with Crippen LogP contribution >= 0.6 is 15.9 Å². The van der Waals surface area contributed by atoms with Gasteiger partial charge in [0.05, 0.1) is 11.7 Å². The largest absolute Gasteiger partial charge is 0.488 e. The summed E-state index contributed by atoms with van der Waals surface area (Å²) in [6.45, 7) is 3.09. The highest BCUT2D eigenvalue weighted by Gasteiger charge is 2.34. The van der Waals surface area contributed by atoms with E-state index in [4.69, 9.17) is 4.74 Å². The van der Waals surface area contributed by atoms with Crippen LogP contribution in [0.25, 0.3) is 0 Å². The van der Waals surface area contributed by atoms with Crippen LogP contribution in [0.2, 0.25) is 0 Å². The van der Waals surface area contributed by atoms with E-state index in [1.807, 2.05) is 23.9 Å². The standard InChI is InChI=1S/C15H19BrN4O/c1-3-8-17-13(14-15(16)18-19-20(14)2)12-9-10-6-4-5-7-11(10)21-12/h4-7,12-13,17H,3,8-9H2,1-2H3. The van der Waals surface area contributed by atoms with Crippen molar-refractivity contribution in [2.45, 2.75) is 31.9 Å². The van der Waals surface area contributed by atoms with E-state index in [-0.39, 0.29) is 12.1 Å². The number of rotatable bonds is 5. The number of benzene rings is 1. The van der Waals surface area contributed by atoms with E-state index in [0.717, 1.165) is 35.4 Å². The molecule has 1 aromatic heterocycles. The Morgan fingerprint density at radius 1 is 1.48 bits per heavy atom. The second-order valence-electron chi connectivity index (χ2n) is 5.29. The fourth-order valence-corrected chi connectivity index (χ4v) is 3.34. The third-order valence-corrected chi connectivity index (χ3v) is 4.34. The Bertz CT molecular complexity index is 583. The average Bonchev–Trinajstić information content (AvgIpc) is 3.05. The molecule has 0 fully saturated rings. The Morgan fingerprint density at radius 2 is 2.29 bits per heavy atom. The topological polar surface area (TPSA) is 52.0 Å². The van der Waals surface area contributed by atoms with Crippen molar-refractivity contribution in [2.75, 3.05) is 6.54 Å². The van der Waals surface area contributed by atoms with Gasteiger partial charge in [-0.25, -0.2) is 4.68 Å². The van der Waals surface area contributed by atoms with Gasteiger partial charge >= 0.3 is 0 Å². The zero-order valence-electron chi connectivity index (χ0n) is 12.2. The van der Waals surface area contributed by atoms with Crippen LogP contribution in [0.15, 0.2) is 28.9 Å². The van der Waals surface area contributed by atoms with Crippen molar-refractivity contribution >= 4 is 15.9 Å². The number of aryl methyl sites for hydroxylation is 1. The summed E-state index contributed by atoms with van der Waals surface area (Å²) in [5.74, 6) is 0.983. The van der Waals surface area contributed by atoms with Crippen molar-refractivity contribution in [1.29, 1.82) is 0 Å². The highest BCUT2D eigenvalue weighted by Crippen LogP contribution is 2.35. The third kappa shape index (κ3) is 2.82. The number of ether oxygens (including phenoxy) is 1. The van der Waals surface area contributed by atoms with Crippen LogP contribution in [0.1, 0.15) is 30.6 Å². The third-order valence-electron chi connectivity index (χ3n) is 3.78. The van der Waals surface area contributed by atoms with Gasteiger partial charge in [0, 0.05) is 13.5 Å². The molecule has 2 aromatic rings. The van der Waals surface area contributed by atoms with Gasteiger partial charge in [-0.15, -0.1) is 5.10 Å². The summed E-state index contributed by atoms with van der Waals surface area (Å²) in [5, 5.41) is 11.8.